The first-order chi connectivity index (χ1) is 11.3. The largest absolute Gasteiger partial charge is 0.302 e. The molecule has 0 spiro atoms. The number of aryl methyl sites for hydroxylation is 2. The van der Waals surface area contributed by atoms with Crippen molar-refractivity contribution in [3.05, 3.63) is 78.5 Å². The molecule has 0 aliphatic heterocycles. The lowest BCUT2D eigenvalue weighted by molar-refractivity contribution is -0.635. The molecule has 2 heterocycles. The molecule has 3 heteroatoms. The molecule has 2 aromatic heterocycles. The van der Waals surface area contributed by atoms with Crippen LogP contribution in [0.5, 0.6) is 0 Å². The predicted molar refractivity (Wildman–Crippen MR) is 92.4 cm³/mol. The van der Waals surface area contributed by atoms with Gasteiger partial charge in [-0.3, -0.25) is 0 Å². The maximum absolute atomic E-state index is 4.58. The van der Waals surface area contributed by atoms with E-state index < -0.39 is 0 Å². The maximum atomic E-state index is 4.58. The van der Waals surface area contributed by atoms with Gasteiger partial charge in [0.1, 0.15) is 11.9 Å². The Bertz CT molecular complexity index is 984. The van der Waals surface area contributed by atoms with E-state index in [0.717, 1.165) is 22.7 Å². The molecular weight excluding hydrogens is 282 g/mol. The van der Waals surface area contributed by atoms with Crippen LogP contribution in [0.3, 0.4) is 0 Å². The Balaban J connectivity index is 2.16. The van der Waals surface area contributed by atoms with E-state index in [0.29, 0.717) is 0 Å². The third kappa shape index (κ3) is 2.13. The lowest BCUT2D eigenvalue weighted by Gasteiger charge is -2.08. The number of benzene rings is 2. The van der Waals surface area contributed by atoms with Gasteiger partial charge in [-0.1, -0.05) is 36.4 Å². The Labute approximate surface area is 135 Å². The third-order valence-corrected chi connectivity index (χ3v) is 4.25. The van der Waals surface area contributed by atoms with Crippen LogP contribution < -0.4 is 4.57 Å². The number of nitrogens with zero attached hydrogens (tertiary/aromatic N) is 3. The first-order valence-corrected chi connectivity index (χ1v) is 7.74. The maximum Gasteiger partial charge on any atom is 0.302 e. The summed E-state index contributed by atoms with van der Waals surface area (Å²) < 4.78 is 4.45. The molecule has 0 radical (unpaired) electrons. The highest BCUT2D eigenvalue weighted by Gasteiger charge is 2.25. The fourth-order valence-corrected chi connectivity index (χ4v) is 3.15. The molecule has 0 bridgehead atoms. The second-order valence-corrected chi connectivity index (χ2v) is 5.71. The Morgan fingerprint density at radius 2 is 1.61 bits per heavy atom. The molecule has 0 saturated heterocycles. The van der Waals surface area contributed by atoms with E-state index in [2.05, 4.69) is 82.7 Å². The van der Waals surface area contributed by atoms with E-state index in [-0.39, 0.29) is 0 Å². The fourth-order valence-electron chi connectivity index (χ4n) is 3.15. The zero-order valence-electron chi connectivity index (χ0n) is 13.3. The number of fused-ring (bicyclic) bond motifs is 1. The van der Waals surface area contributed by atoms with E-state index in [1.807, 2.05) is 18.3 Å². The Kier molecular flexibility index (Phi) is 3.19. The van der Waals surface area contributed by atoms with Crippen molar-refractivity contribution in [1.82, 2.24) is 9.55 Å². The van der Waals surface area contributed by atoms with Gasteiger partial charge in [-0.05, 0) is 42.8 Å². The molecule has 112 valence electrons. The van der Waals surface area contributed by atoms with E-state index in [1.54, 1.807) is 0 Å². The van der Waals surface area contributed by atoms with Gasteiger partial charge in [0.25, 0.3) is 0 Å². The van der Waals surface area contributed by atoms with Crippen LogP contribution in [0.1, 0.15) is 5.56 Å². The second-order valence-electron chi connectivity index (χ2n) is 5.71. The first kappa shape index (κ1) is 13.7. The summed E-state index contributed by atoms with van der Waals surface area (Å²) >= 11 is 0. The van der Waals surface area contributed by atoms with E-state index in [1.165, 1.54) is 11.1 Å². The zero-order chi connectivity index (χ0) is 15.8. The normalized spacial score (nSPS) is 11.0. The van der Waals surface area contributed by atoms with Crippen molar-refractivity contribution in [3.63, 3.8) is 0 Å². The Morgan fingerprint density at radius 3 is 2.39 bits per heavy atom. The number of hydrogen-bond acceptors (Lipinski definition) is 1. The van der Waals surface area contributed by atoms with E-state index >= 15 is 0 Å². The highest BCUT2D eigenvalue weighted by Crippen LogP contribution is 2.27. The summed E-state index contributed by atoms with van der Waals surface area (Å²) in [5.74, 6) is 1.14. The quantitative estimate of drug-likeness (QED) is 0.516. The molecule has 0 amide bonds. The standard InChI is InChI=1S/C20H18N3/c1-15-9-6-7-12-17(15)20-22(2)19-18(13-8-14-21-19)23(20)16-10-4-3-5-11-16/h3-14H,1-2H3/q+1. The van der Waals surface area contributed by atoms with Gasteiger partial charge in [0, 0.05) is 0 Å². The SMILES string of the molecule is Cc1ccccc1-c1n(-c2ccccc2)c2cccnc2[n+]1C. The average Bonchev–Trinajstić information content (AvgIpc) is 2.89. The summed E-state index contributed by atoms with van der Waals surface area (Å²) in [5.41, 5.74) is 5.71. The molecular formula is C20H18N3+. The van der Waals surface area contributed by atoms with Crippen LogP contribution in [0.4, 0.5) is 0 Å². The number of hydrogen-bond donors (Lipinski definition) is 0. The average molecular weight is 300 g/mol. The lowest BCUT2D eigenvalue weighted by atomic mass is 10.1. The van der Waals surface area contributed by atoms with Crippen molar-refractivity contribution in [2.24, 2.45) is 7.05 Å². The van der Waals surface area contributed by atoms with Crippen LogP contribution in [0.15, 0.2) is 72.9 Å². The molecule has 0 saturated carbocycles. The predicted octanol–water partition coefficient (Wildman–Crippen LogP) is 3.83. The van der Waals surface area contributed by atoms with Gasteiger partial charge in [0.15, 0.2) is 5.52 Å². The lowest BCUT2D eigenvalue weighted by Crippen LogP contribution is -2.31. The summed E-state index contributed by atoms with van der Waals surface area (Å²) in [6.07, 6.45) is 1.85. The topological polar surface area (TPSA) is 21.7 Å². The molecule has 4 aromatic rings. The van der Waals surface area contributed by atoms with Crippen LogP contribution in [0.25, 0.3) is 28.2 Å². The molecule has 0 unspecified atom stereocenters. The van der Waals surface area contributed by atoms with Crippen LogP contribution in [-0.4, -0.2) is 9.55 Å². The molecule has 0 N–H and O–H groups in total. The molecule has 0 atom stereocenters. The van der Waals surface area contributed by atoms with Crippen molar-refractivity contribution in [1.29, 1.82) is 0 Å². The molecule has 2 aromatic carbocycles. The van der Waals surface area contributed by atoms with Gasteiger partial charge in [-0.15, -0.1) is 4.98 Å². The smallest absolute Gasteiger partial charge is 0.229 e. The van der Waals surface area contributed by atoms with Crippen LogP contribution >= 0.6 is 0 Å². The van der Waals surface area contributed by atoms with Crippen molar-refractivity contribution in [3.8, 4) is 17.1 Å². The molecule has 0 aliphatic carbocycles. The minimum Gasteiger partial charge on any atom is -0.229 e. The van der Waals surface area contributed by atoms with Gasteiger partial charge in [-0.2, -0.15) is 0 Å². The summed E-state index contributed by atoms with van der Waals surface area (Å²) in [5, 5.41) is 0. The molecule has 0 aliphatic rings. The van der Waals surface area contributed by atoms with Gasteiger partial charge in [0.05, 0.1) is 12.6 Å². The minimum atomic E-state index is 0.981. The summed E-state index contributed by atoms with van der Waals surface area (Å²) in [6.45, 7) is 2.15. The van der Waals surface area contributed by atoms with Crippen LogP contribution in [0.2, 0.25) is 0 Å². The van der Waals surface area contributed by atoms with Gasteiger partial charge in [-0.25, -0.2) is 9.13 Å². The summed E-state index contributed by atoms with van der Waals surface area (Å²) in [6, 6.07) is 23.0. The van der Waals surface area contributed by atoms with E-state index in [4.69, 9.17) is 0 Å². The number of para-hydroxylation sites is 1. The van der Waals surface area contributed by atoms with Crippen LogP contribution in [-0.2, 0) is 7.05 Å². The highest BCUT2D eigenvalue weighted by molar-refractivity contribution is 5.76. The van der Waals surface area contributed by atoms with Crippen molar-refractivity contribution >= 4 is 11.2 Å². The Morgan fingerprint density at radius 1 is 0.870 bits per heavy atom. The van der Waals surface area contributed by atoms with Gasteiger partial charge < -0.3 is 0 Å². The monoisotopic (exact) mass is 300 g/mol. The molecule has 3 nitrogen and oxygen atoms in total. The van der Waals surface area contributed by atoms with E-state index in [9.17, 15) is 0 Å². The number of rotatable bonds is 2. The Hall–Kier alpha value is -2.94. The first-order valence-electron chi connectivity index (χ1n) is 7.74. The van der Waals surface area contributed by atoms with Crippen molar-refractivity contribution in [2.75, 3.05) is 0 Å². The number of aromatic nitrogens is 3. The number of pyridine rings is 1. The second kappa shape index (κ2) is 5.36. The van der Waals surface area contributed by atoms with Crippen LogP contribution in [0, 0.1) is 6.92 Å². The number of imidazole rings is 1. The summed E-state index contributed by atoms with van der Waals surface area (Å²) in [7, 11) is 2.08. The molecule has 23 heavy (non-hydrogen) atoms. The van der Waals surface area contributed by atoms with Crippen molar-refractivity contribution in [2.45, 2.75) is 6.92 Å². The molecule has 4 rings (SSSR count). The van der Waals surface area contributed by atoms with Gasteiger partial charge in [0.2, 0.25) is 5.82 Å². The highest BCUT2D eigenvalue weighted by atomic mass is 15.2. The van der Waals surface area contributed by atoms with Gasteiger partial charge >= 0.3 is 5.65 Å². The zero-order valence-corrected chi connectivity index (χ0v) is 13.3. The third-order valence-electron chi connectivity index (χ3n) is 4.25. The minimum absolute atomic E-state index is 0.981. The molecule has 0 fully saturated rings. The fraction of sp³-hybridized carbons (Fsp3) is 0.100. The summed E-state index contributed by atoms with van der Waals surface area (Å²) in [4.78, 5) is 4.58. The van der Waals surface area contributed by atoms with Crippen molar-refractivity contribution < 1.29 is 4.57 Å².